The van der Waals surface area contributed by atoms with E-state index in [9.17, 15) is 9.59 Å². The lowest BCUT2D eigenvalue weighted by molar-refractivity contribution is 0.102. The number of aryl methyl sites for hydroxylation is 1. The number of amides is 1. The Morgan fingerprint density at radius 3 is 2.58 bits per heavy atom. The number of anilines is 1. The minimum Gasteiger partial charge on any atom is -0.347 e. The molecule has 0 radical (unpaired) electrons. The summed E-state index contributed by atoms with van der Waals surface area (Å²) < 4.78 is 2.94. The second-order valence-electron chi connectivity index (χ2n) is 5.28. The van der Waals surface area contributed by atoms with E-state index >= 15 is 0 Å². The van der Waals surface area contributed by atoms with Crippen molar-refractivity contribution < 1.29 is 4.79 Å². The van der Waals surface area contributed by atoms with Gasteiger partial charge in [0, 0.05) is 32.4 Å². The summed E-state index contributed by atoms with van der Waals surface area (Å²) in [5, 5.41) is 3.68. The Balaban J connectivity index is 2.08. The fraction of sp³-hybridized carbons (Fsp3) is 0.111. The van der Waals surface area contributed by atoms with Crippen molar-refractivity contribution in [1.82, 2.24) is 4.57 Å². The highest BCUT2D eigenvalue weighted by atomic mass is 127. The lowest BCUT2D eigenvalue weighted by Gasteiger charge is -2.12. The van der Waals surface area contributed by atoms with E-state index in [1.54, 1.807) is 36.5 Å². The molecular weight excluding hydrogens is 439 g/mol. The number of carbonyl (C=O) groups is 1. The zero-order valence-electron chi connectivity index (χ0n) is 12.8. The Labute approximate surface area is 157 Å². The Bertz CT molecular complexity index is 981. The topological polar surface area (TPSA) is 51.1 Å². The molecule has 0 aliphatic rings. The van der Waals surface area contributed by atoms with Crippen LogP contribution in [0, 0.1) is 3.57 Å². The third-order valence-corrected chi connectivity index (χ3v) is 4.68. The lowest BCUT2D eigenvalue weighted by Crippen LogP contribution is -2.23. The number of nitrogens with one attached hydrogen (secondary N) is 1. The zero-order chi connectivity index (χ0) is 17.3. The van der Waals surface area contributed by atoms with E-state index in [2.05, 4.69) is 27.9 Å². The average Bonchev–Trinajstić information content (AvgIpc) is 2.57. The number of halogens is 2. The van der Waals surface area contributed by atoms with E-state index in [1.807, 2.05) is 23.6 Å². The fourth-order valence-electron chi connectivity index (χ4n) is 2.52. The van der Waals surface area contributed by atoms with Gasteiger partial charge in [-0.25, -0.2) is 0 Å². The molecule has 1 N–H and O–H groups in total. The molecule has 0 saturated heterocycles. The molecule has 3 aromatic rings. The molecule has 0 saturated carbocycles. The molecule has 4 nitrogen and oxygen atoms in total. The summed E-state index contributed by atoms with van der Waals surface area (Å²) in [4.78, 5) is 25.3. The molecule has 2 aromatic carbocycles. The molecule has 0 bridgehead atoms. The van der Waals surface area contributed by atoms with Crippen LogP contribution in [0.3, 0.4) is 0 Å². The maximum absolute atomic E-state index is 12.7. The predicted octanol–water partition coefficient (Wildman–Crippen LogP) is 4.53. The SMILES string of the molecule is CCn1cc(C(=O)Nc2ccc(I)cc2)c(=O)c2cc(Cl)ccc21. The Morgan fingerprint density at radius 1 is 1.21 bits per heavy atom. The van der Waals surface area contributed by atoms with Crippen LogP contribution in [0.2, 0.25) is 5.02 Å². The van der Waals surface area contributed by atoms with Crippen molar-refractivity contribution in [3.63, 3.8) is 0 Å². The number of rotatable bonds is 3. The van der Waals surface area contributed by atoms with Gasteiger partial charge in [-0.15, -0.1) is 0 Å². The van der Waals surface area contributed by atoms with Gasteiger partial charge in [-0.3, -0.25) is 9.59 Å². The number of carbonyl (C=O) groups excluding carboxylic acids is 1. The van der Waals surface area contributed by atoms with Gasteiger partial charge in [-0.1, -0.05) is 11.6 Å². The summed E-state index contributed by atoms with van der Waals surface area (Å²) in [5.41, 5.74) is 1.19. The minimum absolute atomic E-state index is 0.102. The second kappa shape index (κ2) is 6.94. The Kier molecular flexibility index (Phi) is 4.91. The van der Waals surface area contributed by atoms with E-state index in [-0.39, 0.29) is 11.0 Å². The minimum atomic E-state index is -0.426. The molecule has 24 heavy (non-hydrogen) atoms. The Morgan fingerprint density at radius 2 is 1.92 bits per heavy atom. The van der Waals surface area contributed by atoms with E-state index in [0.717, 1.165) is 9.09 Å². The molecule has 0 aliphatic carbocycles. The molecule has 0 spiro atoms. The molecule has 0 atom stereocenters. The molecule has 0 fully saturated rings. The highest BCUT2D eigenvalue weighted by Crippen LogP contribution is 2.18. The molecule has 0 aliphatic heterocycles. The molecule has 122 valence electrons. The van der Waals surface area contributed by atoms with E-state index in [4.69, 9.17) is 11.6 Å². The average molecular weight is 453 g/mol. The third-order valence-electron chi connectivity index (χ3n) is 3.73. The van der Waals surface area contributed by atoms with Crippen LogP contribution in [0.1, 0.15) is 17.3 Å². The summed E-state index contributed by atoms with van der Waals surface area (Å²) in [5.74, 6) is -0.426. The zero-order valence-corrected chi connectivity index (χ0v) is 15.8. The van der Waals surface area contributed by atoms with Crippen molar-refractivity contribution in [3.8, 4) is 0 Å². The molecule has 1 heterocycles. The van der Waals surface area contributed by atoms with Crippen LogP contribution in [0.25, 0.3) is 10.9 Å². The maximum atomic E-state index is 12.7. The van der Waals surface area contributed by atoms with Gasteiger partial charge in [-0.2, -0.15) is 0 Å². The van der Waals surface area contributed by atoms with Gasteiger partial charge in [0.1, 0.15) is 5.56 Å². The summed E-state index contributed by atoms with van der Waals surface area (Å²) in [6.07, 6.45) is 1.60. The van der Waals surface area contributed by atoms with Crippen LogP contribution in [0.15, 0.2) is 53.5 Å². The van der Waals surface area contributed by atoms with Crippen LogP contribution < -0.4 is 10.7 Å². The van der Waals surface area contributed by atoms with Crippen molar-refractivity contribution in [2.75, 3.05) is 5.32 Å². The van der Waals surface area contributed by atoms with Gasteiger partial charge in [0.05, 0.1) is 5.52 Å². The molecule has 3 rings (SSSR count). The molecule has 0 unspecified atom stereocenters. The molecule has 6 heteroatoms. The number of benzene rings is 2. The number of nitrogens with zero attached hydrogens (tertiary/aromatic N) is 1. The first-order valence-corrected chi connectivity index (χ1v) is 8.85. The van der Waals surface area contributed by atoms with Gasteiger partial charge in [0.15, 0.2) is 0 Å². The molecule has 1 amide bonds. The summed E-state index contributed by atoms with van der Waals surface area (Å²) in [7, 11) is 0. The van der Waals surface area contributed by atoms with Gasteiger partial charge in [0.2, 0.25) is 5.43 Å². The first-order chi connectivity index (χ1) is 11.5. The van der Waals surface area contributed by atoms with Crippen LogP contribution in [0.5, 0.6) is 0 Å². The van der Waals surface area contributed by atoms with Crippen LogP contribution in [-0.2, 0) is 6.54 Å². The smallest absolute Gasteiger partial charge is 0.261 e. The Hall–Kier alpha value is -1.86. The quantitative estimate of drug-likeness (QED) is 0.594. The highest BCUT2D eigenvalue weighted by Gasteiger charge is 2.15. The standard InChI is InChI=1S/C18H14ClIN2O2/c1-2-22-10-15(17(23)14-9-11(19)3-8-16(14)22)18(24)21-13-6-4-12(20)5-7-13/h3-10H,2H2,1H3,(H,21,24). The summed E-state index contributed by atoms with van der Waals surface area (Å²) in [6, 6.07) is 12.5. The van der Waals surface area contributed by atoms with Crippen LogP contribution in [-0.4, -0.2) is 10.5 Å². The number of fused-ring (bicyclic) bond motifs is 1. The second-order valence-corrected chi connectivity index (χ2v) is 6.96. The van der Waals surface area contributed by atoms with Gasteiger partial charge in [0.25, 0.3) is 5.91 Å². The number of pyridine rings is 1. The summed E-state index contributed by atoms with van der Waals surface area (Å²) in [6.45, 7) is 2.60. The third kappa shape index (κ3) is 3.32. The van der Waals surface area contributed by atoms with Crippen molar-refractivity contribution in [3.05, 3.63) is 73.0 Å². The molecule has 1 aromatic heterocycles. The number of hydrogen-bond acceptors (Lipinski definition) is 2. The predicted molar refractivity (Wildman–Crippen MR) is 106 cm³/mol. The maximum Gasteiger partial charge on any atom is 0.261 e. The monoisotopic (exact) mass is 452 g/mol. The molecular formula is C18H14ClIN2O2. The fourth-order valence-corrected chi connectivity index (χ4v) is 3.06. The van der Waals surface area contributed by atoms with Gasteiger partial charge >= 0.3 is 0 Å². The van der Waals surface area contributed by atoms with Crippen molar-refractivity contribution in [2.45, 2.75) is 13.5 Å². The van der Waals surface area contributed by atoms with Crippen LogP contribution >= 0.6 is 34.2 Å². The van der Waals surface area contributed by atoms with Gasteiger partial charge in [-0.05, 0) is 72.0 Å². The highest BCUT2D eigenvalue weighted by molar-refractivity contribution is 14.1. The van der Waals surface area contributed by atoms with Crippen molar-refractivity contribution in [1.29, 1.82) is 0 Å². The van der Waals surface area contributed by atoms with E-state index < -0.39 is 5.91 Å². The first kappa shape index (κ1) is 17.0. The van der Waals surface area contributed by atoms with Crippen LogP contribution in [0.4, 0.5) is 5.69 Å². The number of aromatic nitrogens is 1. The van der Waals surface area contributed by atoms with Crippen molar-refractivity contribution >= 4 is 56.7 Å². The van der Waals surface area contributed by atoms with E-state index in [0.29, 0.717) is 22.6 Å². The number of hydrogen-bond donors (Lipinski definition) is 1. The largest absolute Gasteiger partial charge is 0.347 e. The van der Waals surface area contributed by atoms with E-state index in [1.165, 1.54) is 0 Å². The van der Waals surface area contributed by atoms with Crippen molar-refractivity contribution in [2.24, 2.45) is 0 Å². The lowest BCUT2D eigenvalue weighted by atomic mass is 10.1. The normalized spacial score (nSPS) is 10.8. The summed E-state index contributed by atoms with van der Waals surface area (Å²) >= 11 is 8.20. The first-order valence-electron chi connectivity index (χ1n) is 7.39. The van der Waals surface area contributed by atoms with Gasteiger partial charge < -0.3 is 9.88 Å².